The smallest absolute Gasteiger partial charge is 0.273 e. The van der Waals surface area contributed by atoms with Crippen LogP contribution in [-0.4, -0.2) is 20.7 Å². The summed E-state index contributed by atoms with van der Waals surface area (Å²) in [6, 6.07) is 9.80. The number of para-hydroxylation sites is 1. The number of Topliss-reactive ketones (excluding diaryl/α,β-unsaturated/α-hetero) is 1. The molecular weight excluding hydrogens is 318 g/mol. The first-order valence-corrected chi connectivity index (χ1v) is 8.54. The molecule has 1 aliphatic heterocycles. The predicted octanol–water partition coefficient (Wildman–Crippen LogP) is 3.18. The highest BCUT2D eigenvalue weighted by atomic mass is 35.5. The number of hydrogen-bond donors (Lipinski definition) is 0. The first-order valence-electron chi connectivity index (χ1n) is 5.90. The van der Waals surface area contributed by atoms with E-state index in [1.807, 2.05) is 0 Å². The van der Waals surface area contributed by atoms with Crippen LogP contribution < -0.4 is 4.31 Å². The van der Waals surface area contributed by atoms with E-state index in [1.54, 1.807) is 30.3 Å². The summed E-state index contributed by atoms with van der Waals surface area (Å²) >= 11 is 6.82. The Morgan fingerprint density at radius 2 is 1.90 bits per heavy atom. The quantitative estimate of drug-likeness (QED) is 0.851. The van der Waals surface area contributed by atoms with Gasteiger partial charge in [-0.15, -0.1) is 11.3 Å². The van der Waals surface area contributed by atoms with E-state index in [9.17, 15) is 13.2 Å². The molecule has 7 heteroatoms. The number of sulfonamides is 1. The zero-order valence-electron chi connectivity index (χ0n) is 10.2. The van der Waals surface area contributed by atoms with E-state index in [0.717, 1.165) is 11.3 Å². The average Bonchev–Trinajstić information content (AvgIpc) is 2.87. The average molecular weight is 328 g/mol. The number of rotatable bonds is 2. The summed E-state index contributed by atoms with van der Waals surface area (Å²) in [7, 11) is -3.66. The number of carbonyl (C=O) groups excluding carboxylic acids is 1. The normalized spacial score (nSPS) is 15.2. The summed E-state index contributed by atoms with van der Waals surface area (Å²) in [4.78, 5) is 11.9. The largest absolute Gasteiger partial charge is 0.294 e. The van der Waals surface area contributed by atoms with Gasteiger partial charge in [0.2, 0.25) is 0 Å². The van der Waals surface area contributed by atoms with Gasteiger partial charge in [-0.3, -0.25) is 9.10 Å². The lowest BCUT2D eigenvalue weighted by atomic mass is 10.0. The van der Waals surface area contributed by atoms with Gasteiger partial charge in [0.1, 0.15) is 4.21 Å². The number of anilines is 1. The molecule has 0 saturated heterocycles. The van der Waals surface area contributed by atoms with Crippen molar-refractivity contribution in [1.82, 2.24) is 0 Å². The van der Waals surface area contributed by atoms with Crippen molar-refractivity contribution in [2.24, 2.45) is 0 Å². The highest BCUT2D eigenvalue weighted by molar-refractivity contribution is 7.94. The summed E-state index contributed by atoms with van der Waals surface area (Å²) in [5, 5.41) is 0. The molecule has 4 nitrogen and oxygen atoms in total. The van der Waals surface area contributed by atoms with Crippen molar-refractivity contribution in [3.8, 4) is 0 Å². The number of carbonyl (C=O) groups is 1. The van der Waals surface area contributed by atoms with E-state index in [0.29, 0.717) is 15.6 Å². The van der Waals surface area contributed by atoms with Gasteiger partial charge >= 0.3 is 0 Å². The third-order valence-electron chi connectivity index (χ3n) is 3.11. The molecule has 1 aliphatic rings. The molecule has 0 bridgehead atoms. The number of thiophene rings is 1. The van der Waals surface area contributed by atoms with Gasteiger partial charge in [0.15, 0.2) is 5.78 Å². The third-order valence-corrected chi connectivity index (χ3v) is 6.62. The van der Waals surface area contributed by atoms with Crippen LogP contribution in [0.5, 0.6) is 0 Å². The zero-order chi connectivity index (χ0) is 14.3. The fourth-order valence-corrected chi connectivity index (χ4v) is 5.26. The summed E-state index contributed by atoms with van der Waals surface area (Å²) in [6.45, 7) is 0.160. The second-order valence-electron chi connectivity index (χ2n) is 4.33. The van der Waals surface area contributed by atoms with Gasteiger partial charge in [0.25, 0.3) is 10.0 Å². The Kier molecular flexibility index (Phi) is 3.32. The Hall–Kier alpha value is -1.37. The Bertz CT molecular complexity index is 782. The molecule has 2 heterocycles. The molecule has 0 radical (unpaired) electrons. The number of halogens is 1. The van der Waals surface area contributed by atoms with Crippen LogP contribution in [0, 0.1) is 0 Å². The standard InChI is InChI=1S/C13H10ClNO3S2/c14-12-5-6-13(19-12)20(17,18)15-8-7-11(16)9-3-1-2-4-10(9)15/h1-6H,7-8H2. The summed E-state index contributed by atoms with van der Waals surface area (Å²) in [5.74, 6) is -0.0312. The van der Waals surface area contributed by atoms with Gasteiger partial charge < -0.3 is 0 Å². The number of benzene rings is 1. The van der Waals surface area contributed by atoms with Crippen molar-refractivity contribution in [3.63, 3.8) is 0 Å². The van der Waals surface area contributed by atoms with Crippen molar-refractivity contribution in [2.45, 2.75) is 10.6 Å². The SMILES string of the molecule is O=C1CCN(S(=O)(=O)c2ccc(Cl)s2)c2ccccc21. The van der Waals surface area contributed by atoms with Crippen molar-refractivity contribution < 1.29 is 13.2 Å². The molecule has 2 aromatic rings. The van der Waals surface area contributed by atoms with Crippen molar-refractivity contribution in [3.05, 3.63) is 46.3 Å². The van der Waals surface area contributed by atoms with Crippen LogP contribution in [0.2, 0.25) is 4.34 Å². The van der Waals surface area contributed by atoms with Gasteiger partial charge in [-0.25, -0.2) is 8.42 Å². The molecule has 0 N–H and O–H groups in total. The molecule has 104 valence electrons. The monoisotopic (exact) mass is 327 g/mol. The lowest BCUT2D eigenvalue weighted by molar-refractivity contribution is 0.0982. The Balaban J connectivity index is 2.12. The van der Waals surface area contributed by atoms with Crippen molar-refractivity contribution in [2.75, 3.05) is 10.8 Å². The molecule has 0 saturated carbocycles. The van der Waals surface area contributed by atoms with E-state index < -0.39 is 10.0 Å². The van der Waals surface area contributed by atoms with E-state index >= 15 is 0 Å². The Labute approximate surface area is 125 Å². The van der Waals surface area contributed by atoms with E-state index in [1.165, 1.54) is 10.4 Å². The molecule has 1 aromatic heterocycles. The van der Waals surface area contributed by atoms with Crippen LogP contribution in [0.4, 0.5) is 5.69 Å². The second kappa shape index (κ2) is 4.87. The minimum absolute atomic E-state index is 0.0312. The lowest BCUT2D eigenvalue weighted by Crippen LogP contribution is -2.37. The zero-order valence-corrected chi connectivity index (χ0v) is 12.6. The summed E-state index contributed by atoms with van der Waals surface area (Å²) in [6.07, 6.45) is 0.190. The van der Waals surface area contributed by atoms with Crippen LogP contribution in [0.3, 0.4) is 0 Å². The highest BCUT2D eigenvalue weighted by Gasteiger charge is 2.32. The predicted molar refractivity (Wildman–Crippen MR) is 79.3 cm³/mol. The van der Waals surface area contributed by atoms with Gasteiger partial charge in [0.05, 0.1) is 10.0 Å². The molecule has 20 heavy (non-hydrogen) atoms. The van der Waals surface area contributed by atoms with Crippen LogP contribution in [0.15, 0.2) is 40.6 Å². The fourth-order valence-electron chi connectivity index (χ4n) is 2.18. The van der Waals surface area contributed by atoms with Crippen LogP contribution >= 0.6 is 22.9 Å². The number of nitrogens with zero attached hydrogens (tertiary/aromatic N) is 1. The summed E-state index contributed by atoms with van der Waals surface area (Å²) in [5.41, 5.74) is 0.887. The maximum atomic E-state index is 12.6. The van der Waals surface area contributed by atoms with Gasteiger partial charge in [0, 0.05) is 18.5 Å². The van der Waals surface area contributed by atoms with E-state index in [-0.39, 0.29) is 23.0 Å². The van der Waals surface area contributed by atoms with Gasteiger partial charge in [-0.05, 0) is 24.3 Å². The molecule has 3 rings (SSSR count). The highest BCUT2D eigenvalue weighted by Crippen LogP contribution is 2.34. The molecule has 0 spiro atoms. The van der Waals surface area contributed by atoms with Crippen LogP contribution in [0.1, 0.15) is 16.8 Å². The Morgan fingerprint density at radius 3 is 2.60 bits per heavy atom. The third kappa shape index (κ3) is 2.13. The van der Waals surface area contributed by atoms with Crippen molar-refractivity contribution >= 4 is 44.4 Å². The first-order chi connectivity index (χ1) is 9.50. The summed E-state index contributed by atoms with van der Waals surface area (Å²) < 4.78 is 27.2. The number of ketones is 1. The Morgan fingerprint density at radius 1 is 1.15 bits per heavy atom. The maximum absolute atomic E-state index is 12.6. The van der Waals surface area contributed by atoms with E-state index in [4.69, 9.17) is 11.6 Å². The van der Waals surface area contributed by atoms with Crippen LogP contribution in [-0.2, 0) is 10.0 Å². The van der Waals surface area contributed by atoms with Crippen molar-refractivity contribution in [1.29, 1.82) is 0 Å². The number of fused-ring (bicyclic) bond motifs is 1. The molecule has 0 aliphatic carbocycles. The molecule has 0 fully saturated rings. The molecule has 0 amide bonds. The second-order valence-corrected chi connectivity index (χ2v) is 8.13. The fraction of sp³-hybridized carbons (Fsp3) is 0.154. The topological polar surface area (TPSA) is 54.5 Å². The molecule has 1 aromatic carbocycles. The number of hydrogen-bond acceptors (Lipinski definition) is 4. The van der Waals surface area contributed by atoms with Crippen LogP contribution in [0.25, 0.3) is 0 Å². The molecule has 0 atom stereocenters. The minimum Gasteiger partial charge on any atom is -0.294 e. The first kappa shape index (κ1) is 13.6. The lowest BCUT2D eigenvalue weighted by Gasteiger charge is -2.29. The van der Waals surface area contributed by atoms with E-state index in [2.05, 4.69) is 0 Å². The minimum atomic E-state index is -3.66. The van der Waals surface area contributed by atoms with Gasteiger partial charge in [-0.1, -0.05) is 23.7 Å². The molecular formula is C13H10ClNO3S2. The van der Waals surface area contributed by atoms with Gasteiger partial charge in [-0.2, -0.15) is 0 Å². The maximum Gasteiger partial charge on any atom is 0.273 e. The molecule has 0 unspecified atom stereocenters.